The number of aliphatic hydroxyl groups is 1. The van der Waals surface area contributed by atoms with Gasteiger partial charge >= 0.3 is 0 Å². The quantitative estimate of drug-likeness (QED) is 0.482. The maximum absolute atomic E-state index is 9.45. The molecule has 4 aliphatic carbocycles. The highest BCUT2D eigenvalue weighted by atomic mass is 16.3. The highest BCUT2D eigenvalue weighted by Crippen LogP contribution is 2.65. The van der Waals surface area contributed by atoms with E-state index in [1.54, 1.807) is 5.57 Å². The lowest BCUT2D eigenvalue weighted by Gasteiger charge is -2.54. The Balaban J connectivity index is 1.54. The van der Waals surface area contributed by atoms with Crippen molar-refractivity contribution in [1.29, 1.82) is 0 Å². The maximum atomic E-state index is 9.45. The van der Waals surface area contributed by atoms with Crippen LogP contribution in [0.5, 0.6) is 0 Å². The van der Waals surface area contributed by atoms with Crippen LogP contribution in [0.4, 0.5) is 0 Å². The summed E-state index contributed by atoms with van der Waals surface area (Å²) in [6.45, 7) is 12.4. The molecule has 0 aromatic heterocycles. The molecule has 8 atom stereocenters. The summed E-state index contributed by atoms with van der Waals surface area (Å²) in [5.41, 5.74) is 4.52. The Kier molecular flexibility index (Phi) is 5.93. The molecule has 0 bridgehead atoms. The Hall–Kier alpha value is -0.820. The molecule has 1 heteroatoms. The molecule has 162 valence electrons. The van der Waals surface area contributed by atoms with Gasteiger partial charge in [0.25, 0.3) is 0 Å². The van der Waals surface area contributed by atoms with Crippen LogP contribution >= 0.6 is 0 Å². The predicted octanol–water partition coefficient (Wildman–Crippen LogP) is 7.33. The first-order chi connectivity index (χ1) is 13.8. The minimum atomic E-state index is 0.285. The lowest BCUT2D eigenvalue weighted by molar-refractivity contribution is 0.0575. The monoisotopic (exact) mass is 396 g/mol. The second kappa shape index (κ2) is 8.03. The number of aliphatic hydroxyl groups excluding tert-OH is 1. The van der Waals surface area contributed by atoms with Crippen LogP contribution in [0.25, 0.3) is 0 Å². The van der Waals surface area contributed by atoms with E-state index in [0.717, 1.165) is 17.8 Å². The van der Waals surface area contributed by atoms with E-state index in [9.17, 15) is 5.11 Å². The molecule has 4 aliphatic rings. The molecule has 2 unspecified atom stereocenters. The molecule has 0 amide bonds. The standard InChI is InChI=1S/C28H44O/c1-19(21(3)18-29)9-10-20(2)24-13-14-25-23-12-11-22-8-6-7-16-27(22,4)26(23)15-17-28(24,25)5/h9-12,19-21,24-26,29H,6-8,13-18H2,1-5H3/t19?,20-,21?,24-,25+,26+,27+,28-/m1/s1. The van der Waals surface area contributed by atoms with Crippen LogP contribution in [-0.4, -0.2) is 11.7 Å². The lowest BCUT2D eigenvalue weighted by Crippen LogP contribution is -2.45. The number of hydrogen-bond acceptors (Lipinski definition) is 1. The Bertz CT molecular complexity index is 699. The van der Waals surface area contributed by atoms with Crippen LogP contribution in [0.15, 0.2) is 35.5 Å². The third-order valence-corrected chi connectivity index (χ3v) is 10.1. The Labute approximate surface area is 179 Å². The topological polar surface area (TPSA) is 20.2 Å². The van der Waals surface area contributed by atoms with Gasteiger partial charge in [-0.25, -0.2) is 0 Å². The minimum Gasteiger partial charge on any atom is -0.396 e. The number of rotatable bonds is 5. The fourth-order valence-corrected chi connectivity index (χ4v) is 7.78. The maximum Gasteiger partial charge on any atom is 0.0462 e. The predicted molar refractivity (Wildman–Crippen MR) is 124 cm³/mol. The van der Waals surface area contributed by atoms with Crippen molar-refractivity contribution in [2.75, 3.05) is 6.61 Å². The van der Waals surface area contributed by atoms with E-state index in [0.29, 0.717) is 28.6 Å². The summed E-state index contributed by atoms with van der Waals surface area (Å²) in [6, 6.07) is 0. The molecular weight excluding hydrogens is 352 g/mol. The summed E-state index contributed by atoms with van der Waals surface area (Å²) in [4.78, 5) is 0. The third kappa shape index (κ3) is 3.50. The van der Waals surface area contributed by atoms with E-state index >= 15 is 0 Å². The molecule has 0 saturated heterocycles. The van der Waals surface area contributed by atoms with Crippen molar-refractivity contribution in [1.82, 2.24) is 0 Å². The van der Waals surface area contributed by atoms with Gasteiger partial charge in [0.1, 0.15) is 0 Å². The first-order valence-corrected chi connectivity index (χ1v) is 12.5. The Morgan fingerprint density at radius 3 is 2.55 bits per heavy atom. The normalized spacial score (nSPS) is 42.3. The van der Waals surface area contributed by atoms with Gasteiger partial charge in [-0.15, -0.1) is 0 Å². The summed E-state index contributed by atoms with van der Waals surface area (Å²) in [5, 5.41) is 9.45. The molecule has 0 aliphatic heterocycles. The van der Waals surface area contributed by atoms with Gasteiger partial charge in [-0.05, 0) is 91.3 Å². The molecule has 3 fully saturated rings. The molecule has 1 N–H and O–H groups in total. The van der Waals surface area contributed by atoms with Crippen LogP contribution < -0.4 is 0 Å². The minimum absolute atomic E-state index is 0.285. The Morgan fingerprint density at radius 1 is 1.00 bits per heavy atom. The molecule has 29 heavy (non-hydrogen) atoms. The van der Waals surface area contributed by atoms with E-state index in [1.165, 1.54) is 51.4 Å². The van der Waals surface area contributed by atoms with E-state index < -0.39 is 0 Å². The number of fused-ring (bicyclic) bond motifs is 5. The molecule has 1 nitrogen and oxygen atoms in total. The van der Waals surface area contributed by atoms with Crippen LogP contribution in [0.2, 0.25) is 0 Å². The van der Waals surface area contributed by atoms with Crippen molar-refractivity contribution < 1.29 is 5.11 Å². The molecule has 0 heterocycles. The summed E-state index contributed by atoms with van der Waals surface area (Å²) < 4.78 is 0. The van der Waals surface area contributed by atoms with E-state index in [4.69, 9.17) is 0 Å². The van der Waals surface area contributed by atoms with Crippen molar-refractivity contribution in [3.63, 3.8) is 0 Å². The zero-order chi connectivity index (χ0) is 20.8. The number of hydrogen-bond donors (Lipinski definition) is 1. The van der Waals surface area contributed by atoms with Gasteiger partial charge in [-0.2, -0.15) is 0 Å². The van der Waals surface area contributed by atoms with Crippen LogP contribution in [0.3, 0.4) is 0 Å². The van der Waals surface area contributed by atoms with E-state index in [1.807, 2.05) is 5.57 Å². The van der Waals surface area contributed by atoms with E-state index in [-0.39, 0.29) is 6.61 Å². The van der Waals surface area contributed by atoms with Gasteiger partial charge in [0.2, 0.25) is 0 Å². The second-order valence-electron chi connectivity index (χ2n) is 11.6. The molecule has 0 aromatic rings. The molecule has 3 saturated carbocycles. The van der Waals surface area contributed by atoms with Gasteiger partial charge in [0.05, 0.1) is 0 Å². The third-order valence-electron chi connectivity index (χ3n) is 10.1. The van der Waals surface area contributed by atoms with Gasteiger partial charge in [-0.1, -0.05) is 76.5 Å². The van der Waals surface area contributed by atoms with Crippen LogP contribution in [0, 0.1) is 46.3 Å². The number of allylic oxidation sites excluding steroid dienone is 6. The lowest BCUT2D eigenvalue weighted by atomic mass is 9.50. The first kappa shape index (κ1) is 21.4. The fraction of sp³-hybridized carbons (Fsp3) is 0.786. The van der Waals surface area contributed by atoms with Crippen molar-refractivity contribution in [3.8, 4) is 0 Å². The van der Waals surface area contributed by atoms with Crippen molar-refractivity contribution in [3.05, 3.63) is 35.5 Å². The van der Waals surface area contributed by atoms with Gasteiger partial charge in [0, 0.05) is 6.61 Å². The van der Waals surface area contributed by atoms with Crippen LogP contribution in [0.1, 0.15) is 86.0 Å². The molecular formula is C28H44O. The van der Waals surface area contributed by atoms with Crippen LogP contribution in [-0.2, 0) is 0 Å². The summed E-state index contributed by atoms with van der Waals surface area (Å²) >= 11 is 0. The zero-order valence-electron chi connectivity index (χ0n) is 19.6. The highest BCUT2D eigenvalue weighted by molar-refractivity contribution is 5.38. The first-order valence-electron chi connectivity index (χ1n) is 12.5. The summed E-state index contributed by atoms with van der Waals surface area (Å²) in [6.07, 6.45) is 21.2. The summed E-state index contributed by atoms with van der Waals surface area (Å²) in [5.74, 6) is 3.86. The smallest absolute Gasteiger partial charge is 0.0462 e. The van der Waals surface area contributed by atoms with Gasteiger partial charge in [-0.3, -0.25) is 0 Å². The largest absolute Gasteiger partial charge is 0.396 e. The average Bonchev–Trinajstić information content (AvgIpc) is 3.08. The van der Waals surface area contributed by atoms with Crippen molar-refractivity contribution in [2.45, 2.75) is 86.0 Å². The summed E-state index contributed by atoms with van der Waals surface area (Å²) in [7, 11) is 0. The Morgan fingerprint density at radius 2 is 1.79 bits per heavy atom. The molecule has 0 radical (unpaired) electrons. The zero-order valence-corrected chi connectivity index (χ0v) is 19.6. The molecule has 4 rings (SSSR count). The van der Waals surface area contributed by atoms with E-state index in [2.05, 4.69) is 58.9 Å². The average molecular weight is 397 g/mol. The SMILES string of the molecule is CC(C=C[C@@H](C)[C@H]1CC[C@H]2C3=CC=C4CCCC[C@]4(C)[C@H]3CC[C@]12C)C(C)CO. The highest BCUT2D eigenvalue weighted by Gasteiger charge is 2.56. The van der Waals surface area contributed by atoms with Crippen molar-refractivity contribution in [2.24, 2.45) is 46.3 Å². The van der Waals surface area contributed by atoms with Gasteiger partial charge < -0.3 is 5.11 Å². The van der Waals surface area contributed by atoms with Gasteiger partial charge in [0.15, 0.2) is 0 Å². The molecule has 0 spiro atoms. The molecule has 0 aromatic carbocycles. The fourth-order valence-electron chi connectivity index (χ4n) is 7.78. The van der Waals surface area contributed by atoms with Crippen molar-refractivity contribution >= 4 is 0 Å². The second-order valence-corrected chi connectivity index (χ2v) is 11.6.